The van der Waals surface area contributed by atoms with E-state index >= 15 is 0 Å². The van der Waals surface area contributed by atoms with Crippen LogP contribution in [0.2, 0.25) is 0 Å². The maximum Gasteiger partial charge on any atom is 0.244 e. The van der Waals surface area contributed by atoms with Gasteiger partial charge in [0.15, 0.2) is 0 Å². The standard InChI is InChI=1S/C16H15N3O2/c1-16(2,11-17)15(20)19-12-8-9-18-14(10-12)21-13-6-4-3-5-7-13/h3-10H,1-2H3,(H,18,19,20). The largest absolute Gasteiger partial charge is 0.439 e. The minimum Gasteiger partial charge on any atom is -0.439 e. The van der Waals surface area contributed by atoms with E-state index in [1.54, 1.807) is 26.0 Å². The topological polar surface area (TPSA) is 75.0 Å². The zero-order valence-corrected chi connectivity index (χ0v) is 11.8. The van der Waals surface area contributed by atoms with Crippen molar-refractivity contribution in [2.45, 2.75) is 13.8 Å². The first kappa shape index (κ1) is 14.5. The first-order valence-corrected chi connectivity index (χ1v) is 6.43. The number of hydrogen-bond donors (Lipinski definition) is 1. The summed E-state index contributed by atoms with van der Waals surface area (Å²) in [5, 5.41) is 11.6. The molecule has 0 spiro atoms. The van der Waals surface area contributed by atoms with E-state index in [2.05, 4.69) is 10.3 Å². The number of amides is 1. The molecule has 5 heteroatoms. The summed E-state index contributed by atoms with van der Waals surface area (Å²) in [6.07, 6.45) is 1.53. The Kier molecular flexibility index (Phi) is 4.19. The fourth-order valence-corrected chi connectivity index (χ4v) is 1.49. The second kappa shape index (κ2) is 6.06. The Morgan fingerprint density at radius 3 is 2.67 bits per heavy atom. The Balaban J connectivity index is 2.12. The smallest absolute Gasteiger partial charge is 0.244 e. The minimum atomic E-state index is -1.09. The Bertz CT molecular complexity index is 675. The lowest BCUT2D eigenvalue weighted by Crippen LogP contribution is -2.29. The summed E-state index contributed by atoms with van der Waals surface area (Å²) in [6.45, 7) is 3.12. The average molecular weight is 281 g/mol. The number of nitrogens with one attached hydrogen (secondary N) is 1. The summed E-state index contributed by atoms with van der Waals surface area (Å²) in [5.41, 5.74) is -0.562. The number of nitrogens with zero attached hydrogens (tertiary/aromatic N) is 2. The highest BCUT2D eigenvalue weighted by atomic mass is 16.5. The molecule has 0 unspecified atom stereocenters. The van der Waals surface area contributed by atoms with E-state index in [1.807, 2.05) is 36.4 Å². The van der Waals surface area contributed by atoms with Crippen LogP contribution in [0.15, 0.2) is 48.7 Å². The van der Waals surface area contributed by atoms with Crippen LogP contribution in [0.1, 0.15) is 13.8 Å². The van der Waals surface area contributed by atoms with Crippen LogP contribution >= 0.6 is 0 Å². The van der Waals surface area contributed by atoms with Crippen molar-refractivity contribution in [3.8, 4) is 17.7 Å². The van der Waals surface area contributed by atoms with Gasteiger partial charge in [0, 0.05) is 18.0 Å². The molecule has 1 aromatic heterocycles. The lowest BCUT2D eigenvalue weighted by atomic mass is 9.95. The lowest BCUT2D eigenvalue weighted by Gasteiger charge is -2.15. The van der Waals surface area contributed by atoms with Gasteiger partial charge in [-0.05, 0) is 32.0 Å². The molecule has 0 atom stereocenters. The molecule has 1 N–H and O–H groups in total. The average Bonchev–Trinajstić information content (AvgIpc) is 2.48. The number of carbonyl (C=O) groups is 1. The second-order valence-electron chi connectivity index (χ2n) is 4.99. The van der Waals surface area contributed by atoms with Crippen molar-refractivity contribution in [2.24, 2.45) is 5.41 Å². The monoisotopic (exact) mass is 281 g/mol. The number of rotatable bonds is 4. The van der Waals surface area contributed by atoms with Crippen molar-refractivity contribution in [1.82, 2.24) is 4.98 Å². The Morgan fingerprint density at radius 1 is 1.29 bits per heavy atom. The molecule has 0 aliphatic carbocycles. The summed E-state index contributed by atoms with van der Waals surface area (Å²) in [5.74, 6) is 0.654. The molecule has 1 aromatic carbocycles. The molecule has 0 saturated heterocycles. The molecule has 5 nitrogen and oxygen atoms in total. The molecule has 0 bridgehead atoms. The molecule has 0 aliphatic rings. The molecule has 2 rings (SSSR count). The normalized spacial score (nSPS) is 10.5. The van der Waals surface area contributed by atoms with E-state index in [9.17, 15) is 4.79 Å². The van der Waals surface area contributed by atoms with Gasteiger partial charge in [-0.2, -0.15) is 5.26 Å². The third-order valence-electron chi connectivity index (χ3n) is 2.81. The van der Waals surface area contributed by atoms with Gasteiger partial charge in [-0.3, -0.25) is 4.79 Å². The maximum atomic E-state index is 11.9. The molecule has 0 saturated carbocycles. The van der Waals surface area contributed by atoms with E-state index in [1.165, 1.54) is 6.20 Å². The van der Waals surface area contributed by atoms with Gasteiger partial charge in [-0.25, -0.2) is 4.98 Å². The van der Waals surface area contributed by atoms with Gasteiger partial charge in [-0.1, -0.05) is 18.2 Å². The number of carbonyl (C=O) groups excluding carboxylic acids is 1. The van der Waals surface area contributed by atoms with Crippen LogP contribution in [-0.2, 0) is 4.79 Å². The Morgan fingerprint density at radius 2 is 2.00 bits per heavy atom. The number of benzene rings is 1. The quantitative estimate of drug-likeness (QED) is 0.932. The van der Waals surface area contributed by atoms with Crippen molar-refractivity contribution in [3.63, 3.8) is 0 Å². The predicted octanol–water partition coefficient (Wildman–Crippen LogP) is 3.36. The highest BCUT2D eigenvalue weighted by molar-refractivity contribution is 5.96. The number of hydrogen-bond acceptors (Lipinski definition) is 4. The highest BCUT2D eigenvalue weighted by Crippen LogP contribution is 2.23. The molecule has 106 valence electrons. The molecule has 0 fully saturated rings. The number of para-hydroxylation sites is 1. The second-order valence-corrected chi connectivity index (χ2v) is 4.99. The van der Waals surface area contributed by atoms with Gasteiger partial charge in [0.1, 0.15) is 11.2 Å². The van der Waals surface area contributed by atoms with Gasteiger partial charge in [0.05, 0.1) is 6.07 Å². The van der Waals surface area contributed by atoms with Crippen LogP contribution in [-0.4, -0.2) is 10.9 Å². The third-order valence-corrected chi connectivity index (χ3v) is 2.81. The van der Waals surface area contributed by atoms with Crippen LogP contribution in [0.5, 0.6) is 11.6 Å². The van der Waals surface area contributed by atoms with E-state index < -0.39 is 5.41 Å². The van der Waals surface area contributed by atoms with Crippen LogP contribution in [0.4, 0.5) is 5.69 Å². The van der Waals surface area contributed by atoms with Crippen LogP contribution in [0, 0.1) is 16.7 Å². The number of anilines is 1. The SMILES string of the molecule is CC(C)(C#N)C(=O)Nc1ccnc(Oc2ccccc2)c1. The molecule has 0 aliphatic heterocycles. The number of ether oxygens (including phenoxy) is 1. The first-order valence-electron chi connectivity index (χ1n) is 6.43. The van der Waals surface area contributed by atoms with Crippen molar-refractivity contribution in [3.05, 3.63) is 48.7 Å². The molecular weight excluding hydrogens is 266 g/mol. The maximum absolute atomic E-state index is 11.9. The Hall–Kier alpha value is -2.87. The fourth-order valence-electron chi connectivity index (χ4n) is 1.49. The molecule has 1 heterocycles. The summed E-state index contributed by atoms with van der Waals surface area (Å²) in [7, 11) is 0. The molecule has 21 heavy (non-hydrogen) atoms. The molecule has 2 aromatic rings. The zero-order chi connectivity index (χ0) is 15.3. The first-order chi connectivity index (χ1) is 10.0. The van der Waals surface area contributed by atoms with Gasteiger partial charge in [0.25, 0.3) is 0 Å². The van der Waals surface area contributed by atoms with Crippen molar-refractivity contribution < 1.29 is 9.53 Å². The van der Waals surface area contributed by atoms with E-state index in [0.29, 0.717) is 17.3 Å². The van der Waals surface area contributed by atoms with E-state index in [4.69, 9.17) is 10.00 Å². The number of pyridine rings is 1. The lowest BCUT2D eigenvalue weighted by molar-refractivity contribution is -0.121. The summed E-state index contributed by atoms with van der Waals surface area (Å²) in [6, 6.07) is 14.4. The highest BCUT2D eigenvalue weighted by Gasteiger charge is 2.27. The van der Waals surface area contributed by atoms with E-state index in [-0.39, 0.29) is 5.91 Å². The summed E-state index contributed by atoms with van der Waals surface area (Å²) >= 11 is 0. The van der Waals surface area contributed by atoms with Crippen LogP contribution < -0.4 is 10.1 Å². The van der Waals surface area contributed by atoms with Crippen molar-refractivity contribution >= 4 is 11.6 Å². The van der Waals surface area contributed by atoms with Gasteiger partial charge in [-0.15, -0.1) is 0 Å². The predicted molar refractivity (Wildman–Crippen MR) is 78.8 cm³/mol. The number of nitriles is 1. The van der Waals surface area contributed by atoms with Crippen molar-refractivity contribution in [2.75, 3.05) is 5.32 Å². The summed E-state index contributed by atoms with van der Waals surface area (Å²) < 4.78 is 5.59. The van der Waals surface area contributed by atoms with Gasteiger partial charge < -0.3 is 10.1 Å². The molecule has 1 amide bonds. The van der Waals surface area contributed by atoms with Gasteiger partial charge in [0.2, 0.25) is 11.8 Å². The third kappa shape index (κ3) is 3.80. The summed E-state index contributed by atoms with van der Waals surface area (Å²) in [4.78, 5) is 16.0. The molecular formula is C16H15N3O2. The van der Waals surface area contributed by atoms with Crippen LogP contribution in [0.25, 0.3) is 0 Å². The van der Waals surface area contributed by atoms with Gasteiger partial charge >= 0.3 is 0 Å². The number of aromatic nitrogens is 1. The van der Waals surface area contributed by atoms with Crippen molar-refractivity contribution in [1.29, 1.82) is 5.26 Å². The molecule has 0 radical (unpaired) electrons. The van der Waals surface area contributed by atoms with E-state index in [0.717, 1.165) is 0 Å². The Labute approximate surface area is 123 Å². The van der Waals surface area contributed by atoms with Crippen LogP contribution in [0.3, 0.4) is 0 Å². The zero-order valence-electron chi connectivity index (χ0n) is 11.8. The minimum absolute atomic E-state index is 0.369. The fraction of sp³-hybridized carbons (Fsp3) is 0.188.